The zero-order chi connectivity index (χ0) is 14.0. The summed E-state index contributed by atoms with van der Waals surface area (Å²) < 4.78 is 25.4. The largest absolute Gasteiger partial charge is 0.308 e. The number of nitrogens with one attached hydrogen (secondary N) is 1. The van der Waals surface area contributed by atoms with E-state index >= 15 is 0 Å². The van der Waals surface area contributed by atoms with Gasteiger partial charge in [0.15, 0.2) is 9.84 Å². The number of thiophene rings is 1. The van der Waals surface area contributed by atoms with Gasteiger partial charge in [-0.15, -0.1) is 11.3 Å². The Hall–Kier alpha value is 0.380. The van der Waals surface area contributed by atoms with Crippen molar-refractivity contribution in [2.45, 2.75) is 37.5 Å². The van der Waals surface area contributed by atoms with Gasteiger partial charge >= 0.3 is 0 Å². The van der Waals surface area contributed by atoms with Crippen molar-refractivity contribution in [3.63, 3.8) is 0 Å². The van der Waals surface area contributed by atoms with Gasteiger partial charge in [0.25, 0.3) is 0 Å². The second kappa shape index (κ2) is 6.43. The average molecular weight is 387 g/mol. The summed E-state index contributed by atoms with van der Waals surface area (Å²) in [5.74, 6) is 0.305. The van der Waals surface area contributed by atoms with E-state index in [1.165, 1.54) is 11.3 Å². The predicted octanol–water partition coefficient (Wildman–Crippen LogP) is 3.78. The van der Waals surface area contributed by atoms with Crippen LogP contribution >= 0.6 is 38.9 Å². The first-order valence-corrected chi connectivity index (χ1v) is 10.1. The number of hydrogen-bond donors (Lipinski definition) is 1. The van der Waals surface area contributed by atoms with Gasteiger partial charge in [0.2, 0.25) is 0 Å². The van der Waals surface area contributed by atoms with Crippen molar-refractivity contribution in [2.24, 2.45) is 0 Å². The molecule has 1 fully saturated rings. The number of rotatable bonds is 4. The molecule has 7 heteroatoms. The predicted molar refractivity (Wildman–Crippen MR) is 84.9 cm³/mol. The molecule has 0 radical (unpaired) electrons. The van der Waals surface area contributed by atoms with E-state index in [-0.39, 0.29) is 11.3 Å². The summed E-state index contributed by atoms with van der Waals surface area (Å²) >= 11 is 11.0. The molecule has 0 amide bonds. The molecule has 2 atom stereocenters. The first kappa shape index (κ1) is 15.8. The Kier molecular flexibility index (Phi) is 5.34. The Balaban J connectivity index is 2.34. The van der Waals surface area contributed by atoms with Crippen LogP contribution in [0.2, 0.25) is 5.02 Å². The summed E-state index contributed by atoms with van der Waals surface area (Å²) in [5, 5.41) is 3.64. The van der Waals surface area contributed by atoms with E-state index < -0.39 is 9.84 Å². The van der Waals surface area contributed by atoms with Crippen molar-refractivity contribution >= 4 is 48.7 Å². The third kappa shape index (κ3) is 3.53. The van der Waals surface area contributed by atoms with E-state index in [1.807, 2.05) is 13.0 Å². The van der Waals surface area contributed by atoms with Crippen molar-refractivity contribution in [1.82, 2.24) is 5.32 Å². The molecule has 2 rings (SSSR count). The van der Waals surface area contributed by atoms with Crippen LogP contribution in [0.15, 0.2) is 9.85 Å². The molecule has 0 aliphatic carbocycles. The fourth-order valence-corrected chi connectivity index (χ4v) is 6.57. The van der Waals surface area contributed by atoms with E-state index in [0.29, 0.717) is 10.8 Å². The fraction of sp³-hybridized carbons (Fsp3) is 0.667. The molecule has 2 unspecified atom stereocenters. The molecule has 1 N–H and O–H groups in total. The minimum atomic E-state index is -3.01. The van der Waals surface area contributed by atoms with Gasteiger partial charge in [0, 0.05) is 4.88 Å². The zero-order valence-electron chi connectivity index (χ0n) is 10.7. The molecule has 108 valence electrons. The van der Waals surface area contributed by atoms with Crippen LogP contribution in [0, 0.1) is 0 Å². The highest BCUT2D eigenvalue weighted by molar-refractivity contribution is 9.11. The lowest BCUT2D eigenvalue weighted by Gasteiger charge is -2.30. The summed E-state index contributed by atoms with van der Waals surface area (Å²) in [5.41, 5.74) is 0. The molecule has 0 aromatic carbocycles. The fourth-order valence-electron chi connectivity index (χ4n) is 2.51. The summed E-state index contributed by atoms with van der Waals surface area (Å²) in [6.07, 6.45) is 2.49. The maximum atomic E-state index is 12.3. The van der Waals surface area contributed by atoms with Crippen LogP contribution in [0.3, 0.4) is 0 Å². The van der Waals surface area contributed by atoms with Crippen LogP contribution in [0.4, 0.5) is 0 Å². The second-order valence-corrected chi connectivity index (χ2v) is 9.86. The number of halogens is 2. The minimum Gasteiger partial charge on any atom is -0.308 e. The van der Waals surface area contributed by atoms with Crippen LogP contribution < -0.4 is 5.32 Å². The third-order valence-electron chi connectivity index (χ3n) is 3.40. The van der Waals surface area contributed by atoms with Crippen LogP contribution in [-0.4, -0.2) is 26.0 Å². The normalized spacial score (nSPS) is 24.3. The van der Waals surface area contributed by atoms with Crippen molar-refractivity contribution < 1.29 is 8.42 Å². The molecule has 0 bridgehead atoms. The quantitative estimate of drug-likeness (QED) is 0.856. The van der Waals surface area contributed by atoms with E-state index in [2.05, 4.69) is 21.2 Å². The molecule has 0 spiro atoms. The van der Waals surface area contributed by atoms with Crippen LogP contribution in [0.5, 0.6) is 0 Å². The Labute approximate surface area is 131 Å². The lowest BCUT2D eigenvalue weighted by atomic mass is 10.1. The molecule has 1 saturated heterocycles. The summed E-state index contributed by atoms with van der Waals surface area (Å²) in [7, 11) is -3.01. The van der Waals surface area contributed by atoms with Gasteiger partial charge in [-0.05, 0) is 41.4 Å². The monoisotopic (exact) mass is 385 g/mol. The van der Waals surface area contributed by atoms with Gasteiger partial charge in [-0.2, -0.15) is 0 Å². The van der Waals surface area contributed by atoms with Crippen molar-refractivity contribution in [3.8, 4) is 0 Å². The maximum Gasteiger partial charge on any atom is 0.155 e. The van der Waals surface area contributed by atoms with Crippen LogP contribution in [-0.2, 0) is 9.84 Å². The Bertz CT molecular complexity index is 524. The zero-order valence-corrected chi connectivity index (χ0v) is 14.6. The van der Waals surface area contributed by atoms with Crippen LogP contribution in [0.25, 0.3) is 0 Å². The Morgan fingerprint density at radius 1 is 1.58 bits per heavy atom. The highest BCUT2D eigenvalue weighted by atomic mass is 79.9. The van der Waals surface area contributed by atoms with Gasteiger partial charge < -0.3 is 5.32 Å². The molecule has 1 aromatic heterocycles. The van der Waals surface area contributed by atoms with Gasteiger partial charge in [0.1, 0.15) is 0 Å². The Morgan fingerprint density at radius 2 is 2.32 bits per heavy atom. The van der Waals surface area contributed by atoms with Crippen molar-refractivity contribution in [1.29, 1.82) is 0 Å². The highest BCUT2D eigenvalue weighted by Crippen LogP contribution is 2.39. The van der Waals surface area contributed by atoms with Crippen LogP contribution in [0.1, 0.15) is 37.1 Å². The summed E-state index contributed by atoms with van der Waals surface area (Å²) in [6, 6.07) is 1.72. The van der Waals surface area contributed by atoms with Crippen molar-refractivity contribution in [3.05, 3.63) is 19.8 Å². The number of hydrogen-bond acceptors (Lipinski definition) is 4. The van der Waals surface area contributed by atoms with E-state index in [9.17, 15) is 8.42 Å². The molecule has 3 nitrogen and oxygen atoms in total. The average Bonchev–Trinajstić information content (AvgIpc) is 2.67. The van der Waals surface area contributed by atoms with Gasteiger partial charge in [-0.3, -0.25) is 0 Å². The summed E-state index contributed by atoms with van der Waals surface area (Å²) in [6.45, 7) is 2.73. The molecule has 0 saturated carbocycles. The van der Waals surface area contributed by atoms with Gasteiger partial charge in [-0.25, -0.2) is 8.42 Å². The molecule has 1 aliphatic rings. The minimum absolute atomic E-state index is 0.149. The smallest absolute Gasteiger partial charge is 0.155 e. The maximum absolute atomic E-state index is 12.3. The van der Waals surface area contributed by atoms with Gasteiger partial charge in [0.05, 0.1) is 25.9 Å². The van der Waals surface area contributed by atoms with E-state index in [4.69, 9.17) is 11.6 Å². The first-order valence-electron chi connectivity index (χ1n) is 6.35. The molecule has 2 heterocycles. The molecule has 1 aliphatic heterocycles. The molecule has 1 aromatic rings. The summed E-state index contributed by atoms with van der Waals surface area (Å²) in [4.78, 5) is 0.995. The lowest BCUT2D eigenvalue weighted by Crippen LogP contribution is -2.40. The lowest BCUT2D eigenvalue weighted by molar-refractivity contribution is 0.458. The van der Waals surface area contributed by atoms with Crippen molar-refractivity contribution in [2.75, 3.05) is 12.3 Å². The Morgan fingerprint density at radius 3 is 2.84 bits per heavy atom. The highest BCUT2D eigenvalue weighted by Gasteiger charge is 2.36. The second-order valence-electron chi connectivity index (χ2n) is 4.71. The molecule has 19 heavy (non-hydrogen) atoms. The molecular weight excluding hydrogens is 370 g/mol. The molecular formula is C12H17BrClNO2S2. The SMILES string of the molecule is CCNC(c1cc(Cl)c(Br)s1)C1CCCCS1(=O)=O. The topological polar surface area (TPSA) is 46.2 Å². The first-order chi connectivity index (χ1) is 8.95. The standard InChI is InChI=1S/C12H17BrClNO2S2/c1-2-15-11(9-7-8(14)12(13)18-9)10-5-3-4-6-19(10,16)17/h7,10-11,15H,2-6H2,1H3. The third-order valence-corrected chi connectivity index (χ3v) is 8.24. The van der Waals surface area contributed by atoms with E-state index in [1.54, 1.807) is 0 Å². The number of sulfone groups is 1. The van der Waals surface area contributed by atoms with Gasteiger partial charge in [-0.1, -0.05) is 24.9 Å². The van der Waals surface area contributed by atoms with E-state index in [0.717, 1.165) is 34.5 Å².